The molecule has 0 radical (unpaired) electrons. The Bertz CT molecular complexity index is 1080. The van der Waals surface area contributed by atoms with Crippen molar-refractivity contribution in [2.75, 3.05) is 32.5 Å². The maximum Gasteiger partial charge on any atom is 0.251 e. The molecule has 1 amide bonds. The summed E-state index contributed by atoms with van der Waals surface area (Å²) in [4.78, 5) is 15.0. The van der Waals surface area contributed by atoms with Crippen LogP contribution in [0, 0.1) is 11.6 Å². The fourth-order valence-corrected chi connectivity index (χ4v) is 4.91. The fraction of sp³-hybridized carbons (Fsp3) is 0.345. The minimum absolute atomic E-state index is 0.0566. The lowest BCUT2D eigenvalue weighted by molar-refractivity contribution is 0.00597. The molecule has 36 heavy (non-hydrogen) atoms. The lowest BCUT2D eigenvalue weighted by atomic mass is 9.87. The molecule has 7 heteroatoms. The number of amides is 1. The first-order valence-electron chi connectivity index (χ1n) is 12.4. The Kier molecular flexibility index (Phi) is 8.67. The van der Waals surface area contributed by atoms with Gasteiger partial charge < -0.3 is 20.7 Å². The molecule has 0 unspecified atom stereocenters. The largest absolute Gasteiger partial charge is 0.399 e. The Hall–Kier alpha value is -3.29. The van der Waals surface area contributed by atoms with Crippen LogP contribution in [0.5, 0.6) is 0 Å². The number of carbonyl (C=O) groups excluding carboxylic acids is 1. The molecular weight excluding hydrogens is 460 g/mol. The van der Waals surface area contributed by atoms with Gasteiger partial charge in [0, 0.05) is 37.4 Å². The molecule has 3 aromatic carbocycles. The number of nitrogens with two attached hydrogens (primary N) is 1. The van der Waals surface area contributed by atoms with Crippen LogP contribution >= 0.6 is 0 Å². The molecule has 3 aromatic rings. The Labute approximate surface area is 211 Å². The standard InChI is InChI=1S/C29H33F2N3O2/c1-36-28-19-34(18-16-27(28)33-29(35)22-8-14-25(32)15-9-22)17-2-3-26(20-4-10-23(30)11-5-20)21-6-12-24(31)13-7-21/h4-15,26-28H,2-3,16-19,32H2,1H3,(H,33,35)/t27-,28+/m1/s1. The third kappa shape index (κ3) is 6.68. The normalized spacial score (nSPS) is 18.3. The van der Waals surface area contributed by atoms with Gasteiger partial charge in [0.2, 0.25) is 0 Å². The predicted octanol–water partition coefficient (Wildman–Crippen LogP) is 4.98. The van der Waals surface area contributed by atoms with Crippen LogP contribution in [-0.4, -0.2) is 49.7 Å². The summed E-state index contributed by atoms with van der Waals surface area (Å²) in [6.07, 6.45) is 2.45. The number of hydrogen-bond donors (Lipinski definition) is 2. The van der Waals surface area contributed by atoms with Gasteiger partial charge in [-0.05, 0) is 85.5 Å². The highest BCUT2D eigenvalue weighted by Gasteiger charge is 2.30. The Morgan fingerprint density at radius 1 is 1.00 bits per heavy atom. The molecule has 1 aliphatic heterocycles. The van der Waals surface area contributed by atoms with E-state index in [0.717, 1.165) is 50.0 Å². The Morgan fingerprint density at radius 3 is 2.14 bits per heavy atom. The van der Waals surface area contributed by atoms with Crippen LogP contribution in [0.2, 0.25) is 0 Å². The summed E-state index contributed by atoms with van der Waals surface area (Å²) in [5, 5.41) is 3.11. The minimum Gasteiger partial charge on any atom is -0.399 e. The second-order valence-corrected chi connectivity index (χ2v) is 9.36. The number of halogens is 2. The summed E-state index contributed by atoms with van der Waals surface area (Å²) in [7, 11) is 1.68. The molecule has 5 nitrogen and oxygen atoms in total. The van der Waals surface area contributed by atoms with Gasteiger partial charge >= 0.3 is 0 Å². The van der Waals surface area contributed by atoms with Gasteiger partial charge in [-0.15, -0.1) is 0 Å². The zero-order valence-corrected chi connectivity index (χ0v) is 20.5. The first-order chi connectivity index (χ1) is 17.4. The molecule has 0 saturated carbocycles. The van der Waals surface area contributed by atoms with E-state index in [9.17, 15) is 13.6 Å². The van der Waals surface area contributed by atoms with Crippen LogP contribution in [0.3, 0.4) is 0 Å². The predicted molar refractivity (Wildman–Crippen MR) is 138 cm³/mol. The van der Waals surface area contributed by atoms with Crippen LogP contribution in [-0.2, 0) is 4.74 Å². The molecule has 1 fully saturated rings. The van der Waals surface area contributed by atoms with Gasteiger partial charge in [0.1, 0.15) is 11.6 Å². The molecule has 1 saturated heterocycles. The van der Waals surface area contributed by atoms with Crippen molar-refractivity contribution < 1.29 is 18.3 Å². The molecule has 0 aliphatic carbocycles. The van der Waals surface area contributed by atoms with Gasteiger partial charge in [-0.1, -0.05) is 24.3 Å². The second kappa shape index (κ2) is 12.1. The minimum atomic E-state index is -0.270. The van der Waals surface area contributed by atoms with Gasteiger partial charge in [-0.25, -0.2) is 8.78 Å². The van der Waals surface area contributed by atoms with E-state index in [4.69, 9.17) is 10.5 Å². The van der Waals surface area contributed by atoms with E-state index in [1.165, 1.54) is 24.3 Å². The summed E-state index contributed by atoms with van der Waals surface area (Å²) in [5.41, 5.74) is 8.95. The van der Waals surface area contributed by atoms with Crippen molar-refractivity contribution in [2.24, 2.45) is 0 Å². The SMILES string of the molecule is CO[C@H]1CN(CCCC(c2ccc(F)cc2)c2ccc(F)cc2)CC[C@H]1NC(=O)c1ccc(N)cc1. The quantitative estimate of drug-likeness (QED) is 0.413. The number of ether oxygens (including phenoxy) is 1. The summed E-state index contributed by atoms with van der Waals surface area (Å²) >= 11 is 0. The van der Waals surface area contributed by atoms with E-state index >= 15 is 0 Å². The van der Waals surface area contributed by atoms with E-state index in [-0.39, 0.29) is 35.6 Å². The molecule has 2 atom stereocenters. The van der Waals surface area contributed by atoms with Crippen LogP contribution in [0.4, 0.5) is 14.5 Å². The van der Waals surface area contributed by atoms with Crippen molar-refractivity contribution in [3.8, 4) is 0 Å². The number of likely N-dealkylation sites (tertiary alicyclic amines) is 1. The molecule has 1 aliphatic rings. The van der Waals surface area contributed by atoms with Gasteiger partial charge in [0.25, 0.3) is 5.91 Å². The number of nitrogens with one attached hydrogen (secondary N) is 1. The second-order valence-electron chi connectivity index (χ2n) is 9.36. The maximum atomic E-state index is 13.5. The van der Waals surface area contributed by atoms with Crippen molar-refractivity contribution in [3.05, 3.63) is 101 Å². The van der Waals surface area contributed by atoms with E-state index in [2.05, 4.69) is 10.2 Å². The highest BCUT2D eigenvalue weighted by atomic mass is 19.1. The van der Waals surface area contributed by atoms with Crippen LogP contribution in [0.1, 0.15) is 46.7 Å². The van der Waals surface area contributed by atoms with Gasteiger partial charge in [0.15, 0.2) is 0 Å². The zero-order valence-electron chi connectivity index (χ0n) is 20.5. The number of piperidine rings is 1. The van der Waals surface area contributed by atoms with Crippen molar-refractivity contribution >= 4 is 11.6 Å². The monoisotopic (exact) mass is 493 g/mol. The number of anilines is 1. The third-order valence-corrected chi connectivity index (χ3v) is 6.95. The molecular formula is C29H33F2N3O2. The van der Waals surface area contributed by atoms with E-state index in [1.807, 2.05) is 0 Å². The van der Waals surface area contributed by atoms with Crippen LogP contribution in [0.25, 0.3) is 0 Å². The van der Waals surface area contributed by atoms with Crippen molar-refractivity contribution in [1.82, 2.24) is 10.2 Å². The first kappa shape index (κ1) is 25.8. The molecule has 3 N–H and O–H groups in total. The Morgan fingerprint density at radius 2 is 1.58 bits per heavy atom. The topological polar surface area (TPSA) is 67.6 Å². The lowest BCUT2D eigenvalue weighted by Gasteiger charge is -2.38. The summed E-state index contributed by atoms with van der Waals surface area (Å²) in [6, 6.07) is 19.9. The number of hydrogen-bond acceptors (Lipinski definition) is 4. The van der Waals surface area contributed by atoms with Crippen LogP contribution in [0.15, 0.2) is 72.8 Å². The first-order valence-corrected chi connectivity index (χ1v) is 12.4. The number of benzene rings is 3. The van der Waals surface area contributed by atoms with E-state index in [1.54, 1.807) is 55.6 Å². The average molecular weight is 494 g/mol. The summed E-state index contributed by atoms with van der Waals surface area (Å²) in [6.45, 7) is 2.45. The smallest absolute Gasteiger partial charge is 0.251 e. The van der Waals surface area contributed by atoms with Gasteiger partial charge in [0.05, 0.1) is 12.1 Å². The zero-order chi connectivity index (χ0) is 25.5. The highest BCUT2D eigenvalue weighted by molar-refractivity contribution is 5.94. The molecule has 190 valence electrons. The van der Waals surface area contributed by atoms with E-state index in [0.29, 0.717) is 11.3 Å². The number of nitrogen functional groups attached to an aromatic ring is 1. The maximum absolute atomic E-state index is 13.5. The lowest BCUT2D eigenvalue weighted by Crippen LogP contribution is -2.54. The molecule has 0 spiro atoms. The number of methoxy groups -OCH3 is 1. The summed E-state index contributed by atoms with van der Waals surface area (Å²) in [5.74, 6) is -0.611. The highest BCUT2D eigenvalue weighted by Crippen LogP contribution is 2.30. The van der Waals surface area contributed by atoms with Crippen molar-refractivity contribution in [2.45, 2.75) is 37.3 Å². The Balaban J connectivity index is 1.33. The number of carbonyl (C=O) groups is 1. The van der Waals surface area contributed by atoms with Gasteiger partial charge in [-0.2, -0.15) is 0 Å². The van der Waals surface area contributed by atoms with Crippen molar-refractivity contribution in [3.63, 3.8) is 0 Å². The fourth-order valence-electron chi connectivity index (χ4n) is 4.91. The number of nitrogens with zero attached hydrogens (tertiary/aromatic N) is 1. The summed E-state index contributed by atoms with van der Waals surface area (Å²) < 4.78 is 32.7. The van der Waals surface area contributed by atoms with Crippen LogP contribution < -0.4 is 11.1 Å². The third-order valence-electron chi connectivity index (χ3n) is 6.95. The molecule has 0 bridgehead atoms. The van der Waals surface area contributed by atoms with E-state index < -0.39 is 0 Å². The molecule has 1 heterocycles. The average Bonchev–Trinajstić information content (AvgIpc) is 2.89. The molecule has 4 rings (SSSR count). The van der Waals surface area contributed by atoms with Gasteiger partial charge in [-0.3, -0.25) is 4.79 Å². The molecule has 0 aromatic heterocycles. The van der Waals surface area contributed by atoms with Crippen molar-refractivity contribution in [1.29, 1.82) is 0 Å². The number of rotatable bonds is 9.